The second-order valence-corrected chi connectivity index (χ2v) is 97.6. The summed E-state index contributed by atoms with van der Waals surface area (Å²) in [4.78, 5) is 0. The number of benzene rings is 2. The molecule has 1 atom stereocenters. The van der Waals surface area contributed by atoms with E-state index < -0.39 is 0 Å². The number of allylic oxidation sites excluding steroid dienone is 6. The molecule has 0 nitrogen and oxygen atoms in total. The zero-order chi connectivity index (χ0) is 106. The van der Waals surface area contributed by atoms with E-state index in [1.165, 1.54) is 139 Å². The van der Waals surface area contributed by atoms with Gasteiger partial charge in [0.05, 0.1) is 0 Å². The van der Waals surface area contributed by atoms with Gasteiger partial charge in [-0.25, -0.2) is 0 Å². The Morgan fingerprint density at radius 3 is 0.831 bits per heavy atom. The van der Waals surface area contributed by atoms with E-state index in [1.54, 1.807) is 56.1 Å². The topological polar surface area (TPSA) is 0 Å². The van der Waals surface area contributed by atoms with Crippen LogP contribution in [-0.4, -0.2) is 124 Å². The molecule has 7 saturated heterocycles. The van der Waals surface area contributed by atoms with Crippen LogP contribution in [0, 0.1) is 17.8 Å². The van der Waals surface area contributed by atoms with Crippen LogP contribution in [0.5, 0.6) is 0 Å². The van der Waals surface area contributed by atoms with E-state index in [4.69, 9.17) is 0 Å². The van der Waals surface area contributed by atoms with Gasteiger partial charge in [0, 0.05) is 5.16 Å². The average Bonchev–Trinajstić information content (AvgIpc) is 1.55. The first kappa shape index (κ1) is 127. The highest BCUT2D eigenvalue weighted by molar-refractivity contribution is 7.65. The summed E-state index contributed by atoms with van der Waals surface area (Å²) >= 11 is 0. The van der Waals surface area contributed by atoms with Crippen molar-refractivity contribution in [3.63, 3.8) is 0 Å². The van der Waals surface area contributed by atoms with Gasteiger partial charge < -0.3 is 0 Å². The predicted molar refractivity (Wildman–Crippen MR) is 650 cm³/mol. The molecule has 0 radical (unpaired) electrons. The van der Waals surface area contributed by atoms with Crippen molar-refractivity contribution in [2.24, 2.45) is 17.8 Å². The normalized spacial score (nSPS) is 29.7. The van der Waals surface area contributed by atoms with Gasteiger partial charge in [-0.2, -0.15) is 0 Å². The van der Waals surface area contributed by atoms with Gasteiger partial charge in [0.15, 0.2) is 0 Å². The molecule has 788 valence electrons. The Labute approximate surface area is 865 Å². The smallest absolute Gasteiger partial charge is 0.00368 e. The monoisotopic (exact) mass is 2020 g/mol. The molecule has 8 heteroatoms. The highest BCUT2D eigenvalue weighted by Crippen LogP contribution is 2.82. The van der Waals surface area contributed by atoms with E-state index >= 15 is 0 Å². The first-order valence-corrected chi connectivity index (χ1v) is 66.5. The van der Waals surface area contributed by atoms with Crippen LogP contribution in [0.15, 0.2) is 102 Å². The van der Waals surface area contributed by atoms with Crippen molar-refractivity contribution >= 4 is 69.4 Å². The van der Waals surface area contributed by atoms with Gasteiger partial charge in [-0.3, -0.25) is 0 Å². The Balaban J connectivity index is 0.000000276. The van der Waals surface area contributed by atoms with E-state index in [9.17, 15) is 0 Å². The molecule has 8 heterocycles. The largest absolute Gasteiger partial charge is 0.0998 e. The highest BCUT2D eigenvalue weighted by Gasteiger charge is 2.61. The number of hydrogen-bond donors (Lipinski definition) is 0. The summed E-state index contributed by atoms with van der Waals surface area (Å²) in [5.74, 6) is 2.68. The maximum atomic E-state index is 4.23. The van der Waals surface area contributed by atoms with E-state index in [0.717, 1.165) is 28.1 Å². The van der Waals surface area contributed by atoms with E-state index in [-0.39, 0.29) is 63.4 Å². The van der Waals surface area contributed by atoms with Crippen molar-refractivity contribution in [3.05, 3.63) is 113 Å². The van der Waals surface area contributed by atoms with Gasteiger partial charge >= 0.3 is 0 Å². The van der Waals surface area contributed by atoms with Crippen molar-refractivity contribution in [1.29, 1.82) is 0 Å². The Kier molecular flexibility index (Phi) is 42.6. The lowest BCUT2D eigenvalue weighted by atomic mass is 9.83. The minimum Gasteiger partial charge on any atom is -0.0998 e. The van der Waals surface area contributed by atoms with Crippen LogP contribution in [0.3, 0.4) is 0 Å². The number of hydrogen-bond acceptors (Lipinski definition) is 0. The molecule has 2 spiro atoms. The summed E-state index contributed by atoms with van der Waals surface area (Å²) in [6.45, 7) is 140. The molecule has 0 N–H and O–H groups in total. The predicted octanol–water partition coefficient (Wildman–Crippen LogP) is 45.7. The van der Waals surface area contributed by atoms with Gasteiger partial charge in [-0.15, -0.1) is 0 Å². The molecule has 8 aliphatic heterocycles. The maximum Gasteiger partial charge on any atom is 0.00368 e. The second-order valence-electron chi connectivity index (χ2n) is 62.7. The fourth-order valence-corrected chi connectivity index (χ4v) is 85.3. The SMILES string of the molecule is C=C1CC(C)(C)P(C(C)(C)C)C(C)(C)C1.CC(C)(C)P1C(C)(C)C=CCC1(C)C.CC(C)(C)P1C(C)(C)CC(=Cc2ccccc2)CC1(C)C.CC(C)(C)P1C(C)(C)CC(Cc2ccccc2)CC1(C)C.CC(C)(C)P1C2(CCCC2)CCCC12CCCC2.CC1CC(C)(C)P(C(C)(C)C)C(C)(C)C1.CC=C1CC(C)(C)P(C(C)(C)C)C(C)(C)C1.CCC1CC(C)(C)P(C(C)(C)C)C(C)(C)C1. The quantitative estimate of drug-likeness (QED) is 0.211. The van der Waals surface area contributed by atoms with Crippen LogP contribution in [0.4, 0.5) is 0 Å². The lowest BCUT2D eigenvalue weighted by molar-refractivity contribution is 0.322. The minimum atomic E-state index is -0.0414. The van der Waals surface area contributed by atoms with Crippen LogP contribution in [0.1, 0.15) is 552 Å². The molecule has 10 aliphatic rings. The van der Waals surface area contributed by atoms with Gasteiger partial charge in [0.25, 0.3) is 0 Å². The summed E-state index contributed by atoms with van der Waals surface area (Å²) in [7, 11) is 0.372. The van der Waals surface area contributed by atoms with Crippen LogP contribution in [0.25, 0.3) is 6.08 Å². The Morgan fingerprint density at radius 2 is 0.559 bits per heavy atom. The van der Waals surface area contributed by atoms with Crippen LogP contribution in [0.2, 0.25) is 0 Å². The molecule has 2 aromatic rings. The molecule has 0 bridgehead atoms. The first-order chi connectivity index (χ1) is 60.5. The highest BCUT2D eigenvalue weighted by atomic mass is 31.1. The fraction of sp³-hybridized carbons (Fsp3) is 0.844. The standard InChI is InChI=1S/C20H33P.C20H31P.C17H31P.C15H31P.C15H29P.C14H29P.C14H27P.C13H25P/c2*1-18(2,3)21-19(4,5)14-17(15-20(21,6)7)13-16-11-9-8-10-12-16;1-15(2,3)18-16(9-4-5-10-16)13-8-14-17(18)11-6-7-12-17;2*1-9-12-10-14(5,6)16(13(2,3)4)15(7,8)11-12;2*1-11-9-13(5,6)15(12(2,3)4)14(7,8)10-11;1-11(2,3)14-12(4,5)9-8-10-13(14,6)7/h8-12,17H,13-15H2,1-7H3;8-13H,14-15H2,1-7H3;4-14H2,1-3H3;12H,9-11H2,1-8H3;9H,10-11H2,1-8H3;11H,9-10H2,1-8H3;1,9-10H2,2-8H3;8-9H,10H2,1-7H3. The second kappa shape index (κ2) is 45.6. The third-order valence-electron chi connectivity index (χ3n) is 32.6. The lowest BCUT2D eigenvalue weighted by Crippen LogP contribution is -2.45. The molecule has 0 aromatic heterocycles. The van der Waals surface area contributed by atoms with Crippen molar-refractivity contribution in [1.82, 2.24) is 0 Å². The molecule has 2 aromatic carbocycles. The van der Waals surface area contributed by atoms with Crippen molar-refractivity contribution < 1.29 is 0 Å². The molecule has 2 aliphatic carbocycles. The summed E-state index contributed by atoms with van der Waals surface area (Å²) < 4.78 is 0. The Bertz CT molecular complexity index is 3990. The minimum absolute atomic E-state index is 0.000546. The third-order valence-corrected chi connectivity index (χ3v) is 65.9. The number of rotatable bonds is 4. The van der Waals surface area contributed by atoms with Crippen molar-refractivity contribution in [2.75, 3.05) is 0 Å². The summed E-state index contributed by atoms with van der Waals surface area (Å²) in [6.07, 6.45) is 46.6. The molecular weight excluding hydrogens is 1790 g/mol. The van der Waals surface area contributed by atoms with Crippen molar-refractivity contribution in [3.8, 4) is 0 Å². The maximum absolute atomic E-state index is 4.23. The fourth-order valence-electron chi connectivity index (χ4n) is 37.0. The molecule has 1 unspecified atom stereocenters. The van der Waals surface area contributed by atoms with E-state index in [1.807, 2.05) is 0 Å². The van der Waals surface area contributed by atoms with Crippen LogP contribution >= 0.6 is 63.4 Å². The van der Waals surface area contributed by atoms with Gasteiger partial charge in [0.2, 0.25) is 0 Å². The van der Waals surface area contributed by atoms with Crippen molar-refractivity contribution in [2.45, 2.75) is 671 Å². The van der Waals surface area contributed by atoms with Crippen LogP contribution in [-0.2, 0) is 6.42 Å². The van der Waals surface area contributed by atoms with Gasteiger partial charge in [0.1, 0.15) is 0 Å². The molecule has 9 fully saturated rings. The summed E-state index contributed by atoms with van der Waals surface area (Å²) in [5.41, 5.74) is 7.60. The average molecular weight is 2020 g/mol. The summed E-state index contributed by atoms with van der Waals surface area (Å²) in [6, 6.07) is 21.9. The zero-order valence-electron chi connectivity index (χ0n) is 102. The summed E-state index contributed by atoms with van der Waals surface area (Å²) in [5, 5.41) is 12.2. The van der Waals surface area contributed by atoms with Crippen LogP contribution < -0.4 is 0 Å². The molecule has 2 saturated carbocycles. The molecule has 136 heavy (non-hydrogen) atoms. The molecular formula is C128H236P8. The zero-order valence-corrected chi connectivity index (χ0v) is 109. The van der Waals surface area contributed by atoms with Gasteiger partial charge in [-0.05, 0) is 283 Å². The van der Waals surface area contributed by atoms with E-state index in [0.29, 0.717) is 113 Å². The third kappa shape index (κ3) is 33.9. The molecule has 0 amide bonds. The molecule has 12 rings (SSSR count). The first-order valence-electron chi connectivity index (χ1n) is 55.8. The van der Waals surface area contributed by atoms with Gasteiger partial charge in [-0.1, -0.05) is 584 Å². The Hall–Kier alpha value is 0.840. The Morgan fingerprint density at radius 1 is 0.301 bits per heavy atom. The lowest BCUT2D eigenvalue weighted by Gasteiger charge is -2.59. The van der Waals surface area contributed by atoms with E-state index in [2.05, 4.69) is 472 Å².